The van der Waals surface area contributed by atoms with Gasteiger partial charge in [-0.3, -0.25) is 0 Å². The van der Waals surface area contributed by atoms with Crippen LogP contribution in [0.25, 0.3) is 22.3 Å². The highest BCUT2D eigenvalue weighted by atomic mass is 19.2. The van der Waals surface area contributed by atoms with Crippen LogP contribution in [0.1, 0.15) is 57.9 Å². The number of hydrogen-bond acceptors (Lipinski definition) is 0. The highest BCUT2D eigenvalue weighted by Gasteiger charge is 2.30. The van der Waals surface area contributed by atoms with Crippen molar-refractivity contribution in [1.82, 2.24) is 0 Å². The van der Waals surface area contributed by atoms with E-state index in [1.165, 1.54) is 43.4 Å². The van der Waals surface area contributed by atoms with Gasteiger partial charge in [-0.25, -0.2) is 17.6 Å². The van der Waals surface area contributed by atoms with Crippen molar-refractivity contribution in [3.8, 4) is 22.3 Å². The summed E-state index contributed by atoms with van der Waals surface area (Å²) in [5.74, 6) is -3.52. The zero-order chi connectivity index (χ0) is 23.0. The van der Waals surface area contributed by atoms with Crippen molar-refractivity contribution in [2.45, 2.75) is 52.4 Å². The normalized spacial score (nSPS) is 19.2. The molecule has 168 valence electrons. The van der Waals surface area contributed by atoms with E-state index in [0.29, 0.717) is 16.9 Å². The van der Waals surface area contributed by atoms with E-state index in [4.69, 9.17) is 0 Å². The minimum absolute atomic E-state index is 0.0266. The first-order valence-electron chi connectivity index (χ1n) is 11.2. The molecule has 0 amide bonds. The zero-order valence-corrected chi connectivity index (χ0v) is 18.7. The summed E-state index contributed by atoms with van der Waals surface area (Å²) in [4.78, 5) is 0. The summed E-state index contributed by atoms with van der Waals surface area (Å²) >= 11 is 0. The third-order valence-corrected chi connectivity index (χ3v) is 6.93. The Balaban J connectivity index is 1.51. The van der Waals surface area contributed by atoms with Gasteiger partial charge >= 0.3 is 0 Å². The van der Waals surface area contributed by atoms with Crippen LogP contribution in [0.4, 0.5) is 17.6 Å². The van der Waals surface area contributed by atoms with Crippen molar-refractivity contribution in [2.24, 2.45) is 11.3 Å². The van der Waals surface area contributed by atoms with Crippen molar-refractivity contribution < 1.29 is 17.6 Å². The summed E-state index contributed by atoms with van der Waals surface area (Å²) in [5.41, 5.74) is 3.22. The van der Waals surface area contributed by atoms with Gasteiger partial charge in [-0.15, -0.1) is 0 Å². The average Bonchev–Trinajstić information content (AvgIpc) is 2.77. The van der Waals surface area contributed by atoms with Crippen LogP contribution in [0.5, 0.6) is 0 Å². The molecule has 32 heavy (non-hydrogen) atoms. The van der Waals surface area contributed by atoms with E-state index < -0.39 is 23.3 Å². The molecule has 0 radical (unpaired) electrons. The lowest BCUT2D eigenvalue weighted by Crippen LogP contribution is -2.25. The molecule has 1 fully saturated rings. The molecule has 0 aromatic heterocycles. The van der Waals surface area contributed by atoms with Crippen LogP contribution in [0.2, 0.25) is 0 Å². The Morgan fingerprint density at radius 1 is 0.625 bits per heavy atom. The highest BCUT2D eigenvalue weighted by molar-refractivity contribution is 5.71. The zero-order valence-electron chi connectivity index (χ0n) is 18.7. The van der Waals surface area contributed by atoms with E-state index in [2.05, 4.69) is 32.9 Å². The van der Waals surface area contributed by atoms with Gasteiger partial charge < -0.3 is 0 Å². The monoisotopic (exact) mass is 440 g/mol. The molecule has 0 N–H and O–H groups in total. The maximum absolute atomic E-state index is 14.7. The van der Waals surface area contributed by atoms with Crippen LogP contribution in [0.3, 0.4) is 0 Å². The standard InChI is InChI=1S/C28H28F4/c1-28(2,3)22-11-8-18(9-12-22)17-4-6-19(7-5-17)20-10-13-23(24(29)14-20)21-15-25(30)27(32)26(31)16-21/h4-7,10,13-16,18,22H,8-9,11-12H2,1-3H3. The van der Waals surface area contributed by atoms with Crippen molar-refractivity contribution in [1.29, 1.82) is 0 Å². The molecule has 0 bridgehead atoms. The molecular weight excluding hydrogens is 412 g/mol. The molecule has 4 heteroatoms. The third kappa shape index (κ3) is 4.60. The van der Waals surface area contributed by atoms with E-state index in [1.807, 2.05) is 12.1 Å². The molecule has 4 rings (SSSR count). The van der Waals surface area contributed by atoms with E-state index in [9.17, 15) is 17.6 Å². The average molecular weight is 441 g/mol. The van der Waals surface area contributed by atoms with Crippen molar-refractivity contribution >= 4 is 0 Å². The first-order valence-corrected chi connectivity index (χ1v) is 11.2. The van der Waals surface area contributed by atoms with Crippen molar-refractivity contribution in [3.63, 3.8) is 0 Å². The Morgan fingerprint density at radius 2 is 1.16 bits per heavy atom. The second kappa shape index (κ2) is 8.73. The van der Waals surface area contributed by atoms with Gasteiger partial charge in [0.1, 0.15) is 5.82 Å². The van der Waals surface area contributed by atoms with Gasteiger partial charge in [0.05, 0.1) is 0 Å². The van der Waals surface area contributed by atoms with Crippen LogP contribution < -0.4 is 0 Å². The summed E-state index contributed by atoms with van der Waals surface area (Å²) in [6, 6.07) is 14.4. The van der Waals surface area contributed by atoms with Gasteiger partial charge in [-0.2, -0.15) is 0 Å². The lowest BCUT2D eigenvalue weighted by molar-refractivity contribution is 0.169. The molecule has 0 atom stereocenters. The lowest BCUT2D eigenvalue weighted by atomic mass is 9.68. The number of halogens is 4. The van der Waals surface area contributed by atoms with Gasteiger partial charge in [0.2, 0.25) is 0 Å². The topological polar surface area (TPSA) is 0 Å². The predicted molar refractivity (Wildman–Crippen MR) is 121 cm³/mol. The Hall–Kier alpha value is -2.62. The van der Waals surface area contributed by atoms with Crippen LogP contribution >= 0.6 is 0 Å². The maximum Gasteiger partial charge on any atom is 0.194 e. The minimum atomic E-state index is -1.56. The summed E-state index contributed by atoms with van der Waals surface area (Å²) in [6.45, 7) is 6.96. The second-order valence-corrected chi connectivity index (χ2v) is 9.99. The first-order chi connectivity index (χ1) is 15.1. The Morgan fingerprint density at radius 3 is 1.69 bits per heavy atom. The maximum atomic E-state index is 14.7. The van der Waals surface area contributed by atoms with E-state index in [0.717, 1.165) is 23.6 Å². The number of hydrogen-bond donors (Lipinski definition) is 0. The molecule has 1 aliphatic carbocycles. The van der Waals surface area contributed by atoms with Gasteiger partial charge in [0, 0.05) is 5.56 Å². The van der Waals surface area contributed by atoms with Gasteiger partial charge in [-0.05, 0) is 83.4 Å². The van der Waals surface area contributed by atoms with Crippen LogP contribution in [-0.2, 0) is 0 Å². The van der Waals surface area contributed by atoms with Gasteiger partial charge in [-0.1, -0.05) is 57.2 Å². The largest absolute Gasteiger partial charge is 0.206 e. The fourth-order valence-electron chi connectivity index (χ4n) is 4.88. The van der Waals surface area contributed by atoms with Crippen LogP contribution in [0, 0.1) is 34.6 Å². The fraction of sp³-hybridized carbons (Fsp3) is 0.357. The molecule has 3 aromatic carbocycles. The van der Waals surface area contributed by atoms with E-state index in [1.54, 1.807) is 6.07 Å². The van der Waals surface area contributed by atoms with Gasteiger partial charge in [0.25, 0.3) is 0 Å². The summed E-state index contributed by atoms with van der Waals surface area (Å²) in [7, 11) is 0. The molecule has 0 spiro atoms. The molecule has 0 heterocycles. The summed E-state index contributed by atoms with van der Waals surface area (Å²) in [5, 5.41) is 0. The molecule has 3 aromatic rings. The van der Waals surface area contributed by atoms with E-state index >= 15 is 0 Å². The predicted octanol–water partition coefficient (Wildman–Crippen LogP) is 8.90. The number of rotatable bonds is 3. The van der Waals surface area contributed by atoms with E-state index in [-0.39, 0.29) is 11.1 Å². The highest BCUT2D eigenvalue weighted by Crippen LogP contribution is 2.43. The van der Waals surface area contributed by atoms with Crippen LogP contribution in [-0.4, -0.2) is 0 Å². The quantitative estimate of drug-likeness (QED) is 0.282. The molecule has 0 nitrogen and oxygen atoms in total. The van der Waals surface area contributed by atoms with Crippen molar-refractivity contribution in [2.75, 3.05) is 0 Å². The molecular formula is C28H28F4. The number of benzene rings is 3. The minimum Gasteiger partial charge on any atom is -0.206 e. The molecule has 1 saturated carbocycles. The van der Waals surface area contributed by atoms with Crippen LogP contribution in [0.15, 0.2) is 54.6 Å². The molecule has 0 aliphatic heterocycles. The molecule has 1 aliphatic rings. The molecule has 0 saturated heterocycles. The third-order valence-electron chi connectivity index (χ3n) is 6.93. The van der Waals surface area contributed by atoms with Crippen molar-refractivity contribution in [3.05, 3.63) is 83.4 Å². The lowest BCUT2D eigenvalue weighted by Gasteiger charge is -2.37. The molecule has 0 unspecified atom stereocenters. The summed E-state index contributed by atoms with van der Waals surface area (Å²) < 4.78 is 55.0. The smallest absolute Gasteiger partial charge is 0.194 e. The summed E-state index contributed by atoms with van der Waals surface area (Å²) in [6.07, 6.45) is 4.87. The first kappa shape index (κ1) is 22.6. The Bertz CT molecular complexity index is 1080. The Kier molecular flexibility index (Phi) is 6.15. The second-order valence-electron chi connectivity index (χ2n) is 9.99. The SMILES string of the molecule is CC(C)(C)C1CCC(c2ccc(-c3ccc(-c4cc(F)c(F)c(F)c4)c(F)c3)cc2)CC1. The Labute approximate surface area is 187 Å². The van der Waals surface area contributed by atoms with Gasteiger partial charge in [0.15, 0.2) is 17.5 Å². The fourth-order valence-corrected chi connectivity index (χ4v) is 4.88.